The molecule has 11 heteroatoms. The molecule has 2 unspecified atom stereocenters. The van der Waals surface area contributed by atoms with Crippen LogP contribution in [0.15, 0.2) is 101 Å². The number of hydrogen-bond acceptors (Lipinski definition) is 10. The van der Waals surface area contributed by atoms with Gasteiger partial charge in [-0.3, -0.25) is 24.7 Å². The maximum atomic E-state index is 13.6. The van der Waals surface area contributed by atoms with Crippen LogP contribution >= 0.6 is 0 Å². The van der Waals surface area contributed by atoms with Gasteiger partial charge < -0.3 is 15.2 Å². The Kier molecular flexibility index (Phi) is 10.0. The Morgan fingerprint density at radius 2 is 1.60 bits per heavy atom. The molecule has 2 aliphatic heterocycles. The van der Waals surface area contributed by atoms with E-state index in [1.807, 2.05) is 12.1 Å². The van der Waals surface area contributed by atoms with E-state index in [2.05, 4.69) is 63.3 Å². The van der Waals surface area contributed by atoms with E-state index in [1.54, 1.807) is 13.0 Å². The molecule has 1 fully saturated rings. The number of non-ortho nitro benzene ring substituents is 1. The molecule has 0 amide bonds. The van der Waals surface area contributed by atoms with Crippen molar-refractivity contribution in [3.63, 3.8) is 0 Å². The minimum atomic E-state index is -1.15. The Bertz CT molecular complexity index is 1550. The first-order valence-corrected chi connectivity index (χ1v) is 14.9. The molecule has 1 saturated heterocycles. The number of aliphatic imine (C=N–C) groups is 1. The van der Waals surface area contributed by atoms with Crippen molar-refractivity contribution in [3.05, 3.63) is 123 Å². The van der Waals surface area contributed by atoms with Gasteiger partial charge in [-0.25, -0.2) is 9.79 Å². The highest BCUT2D eigenvalue weighted by Crippen LogP contribution is 2.40. The van der Waals surface area contributed by atoms with Gasteiger partial charge in [-0.2, -0.15) is 0 Å². The van der Waals surface area contributed by atoms with Crippen molar-refractivity contribution >= 4 is 23.5 Å². The molecule has 2 aliphatic rings. The smallest absolute Gasteiger partial charge is 0.336 e. The number of hydrogen-bond donors (Lipinski definition) is 1. The average molecular weight is 612 g/mol. The third-order valence-electron chi connectivity index (χ3n) is 8.40. The molecule has 3 aromatic carbocycles. The number of rotatable bonds is 10. The molecule has 0 radical (unpaired) electrons. The number of amidine groups is 1. The highest BCUT2D eigenvalue weighted by atomic mass is 16.6. The van der Waals surface area contributed by atoms with Crippen LogP contribution in [-0.2, 0) is 19.1 Å². The highest BCUT2D eigenvalue weighted by molar-refractivity contribution is 6.06. The zero-order valence-electron chi connectivity index (χ0n) is 25.4. The molecule has 0 saturated carbocycles. The van der Waals surface area contributed by atoms with Crippen molar-refractivity contribution in [2.75, 3.05) is 46.4 Å². The van der Waals surface area contributed by atoms with Gasteiger partial charge in [0.05, 0.1) is 29.3 Å². The summed E-state index contributed by atoms with van der Waals surface area (Å²) in [5.74, 6) is -3.49. The number of benzene rings is 3. The van der Waals surface area contributed by atoms with Crippen molar-refractivity contribution in [1.29, 1.82) is 0 Å². The van der Waals surface area contributed by atoms with Crippen molar-refractivity contribution in [1.82, 2.24) is 9.80 Å². The van der Waals surface area contributed by atoms with Crippen LogP contribution in [0.4, 0.5) is 5.69 Å². The molecule has 3 aromatic rings. The van der Waals surface area contributed by atoms with E-state index in [-0.39, 0.29) is 35.4 Å². The summed E-state index contributed by atoms with van der Waals surface area (Å²) in [4.78, 5) is 46.3. The standard InChI is InChI=1S/C34H37N5O6/c1-23-28(33(40)44-2)29(26-14-9-15-27(22-26)39(42)43)30(32(35)36-23)34(41)45-21-20-37-16-18-38(19-17-37)31(24-10-5-3-6-11-24)25-12-7-4-8-13-25/h3-15,22,29-31H,16-21H2,1-2H3,(H2,35,36). The summed E-state index contributed by atoms with van der Waals surface area (Å²) < 4.78 is 10.7. The van der Waals surface area contributed by atoms with Gasteiger partial charge in [0.1, 0.15) is 18.4 Å². The van der Waals surface area contributed by atoms with Gasteiger partial charge in [0.2, 0.25) is 0 Å². The quantitative estimate of drug-likeness (QED) is 0.204. The molecule has 234 valence electrons. The topological polar surface area (TPSA) is 141 Å². The number of nitrogens with two attached hydrogens (primary N) is 1. The Morgan fingerprint density at radius 3 is 2.18 bits per heavy atom. The van der Waals surface area contributed by atoms with Crippen LogP contribution in [0.25, 0.3) is 0 Å². The second kappa shape index (κ2) is 14.3. The van der Waals surface area contributed by atoms with Crippen LogP contribution in [0, 0.1) is 16.0 Å². The van der Waals surface area contributed by atoms with Gasteiger partial charge in [0.15, 0.2) is 0 Å². The lowest BCUT2D eigenvalue weighted by molar-refractivity contribution is -0.384. The van der Waals surface area contributed by atoms with Crippen LogP contribution in [0.5, 0.6) is 0 Å². The van der Waals surface area contributed by atoms with Crippen LogP contribution in [0.3, 0.4) is 0 Å². The number of piperazine rings is 1. The summed E-state index contributed by atoms with van der Waals surface area (Å²) >= 11 is 0. The highest BCUT2D eigenvalue weighted by Gasteiger charge is 2.43. The number of nitro benzene ring substituents is 1. The first-order chi connectivity index (χ1) is 21.8. The van der Waals surface area contributed by atoms with Crippen LogP contribution < -0.4 is 5.73 Å². The van der Waals surface area contributed by atoms with Gasteiger partial charge in [0, 0.05) is 50.8 Å². The van der Waals surface area contributed by atoms with E-state index in [9.17, 15) is 19.7 Å². The Labute approximate surface area is 262 Å². The summed E-state index contributed by atoms with van der Waals surface area (Å²) in [6.45, 7) is 5.49. The number of allylic oxidation sites excluding steroid dienone is 1. The van der Waals surface area contributed by atoms with E-state index in [4.69, 9.17) is 15.2 Å². The molecule has 0 aliphatic carbocycles. The van der Waals surface area contributed by atoms with Crippen LogP contribution in [0.1, 0.15) is 35.6 Å². The Morgan fingerprint density at radius 1 is 0.978 bits per heavy atom. The molecule has 2 heterocycles. The zero-order valence-corrected chi connectivity index (χ0v) is 25.4. The monoisotopic (exact) mass is 611 g/mol. The Hall–Kier alpha value is -4.87. The van der Waals surface area contributed by atoms with Crippen molar-refractivity contribution < 1.29 is 24.0 Å². The number of methoxy groups -OCH3 is 1. The molecular weight excluding hydrogens is 574 g/mol. The fourth-order valence-electron chi connectivity index (χ4n) is 6.21. The van der Waals surface area contributed by atoms with Gasteiger partial charge >= 0.3 is 11.9 Å². The normalized spacial score (nSPS) is 19.2. The van der Waals surface area contributed by atoms with Gasteiger partial charge in [-0.05, 0) is 23.6 Å². The van der Waals surface area contributed by atoms with Crippen molar-refractivity contribution in [2.45, 2.75) is 18.9 Å². The zero-order chi connectivity index (χ0) is 31.9. The summed E-state index contributed by atoms with van der Waals surface area (Å²) in [7, 11) is 1.23. The molecule has 5 rings (SSSR count). The van der Waals surface area contributed by atoms with Gasteiger partial charge in [0.25, 0.3) is 5.69 Å². The second-order valence-corrected chi connectivity index (χ2v) is 11.1. The maximum absolute atomic E-state index is 13.6. The summed E-state index contributed by atoms with van der Waals surface area (Å²) in [6, 6.07) is 26.9. The third-order valence-corrected chi connectivity index (χ3v) is 8.40. The van der Waals surface area contributed by atoms with Crippen molar-refractivity contribution in [3.8, 4) is 0 Å². The fourth-order valence-corrected chi connectivity index (χ4v) is 6.21. The molecule has 45 heavy (non-hydrogen) atoms. The molecule has 0 spiro atoms. The molecule has 11 nitrogen and oxygen atoms in total. The van der Waals surface area contributed by atoms with Crippen LogP contribution in [-0.4, -0.2) is 78.9 Å². The molecule has 2 N–H and O–H groups in total. The maximum Gasteiger partial charge on any atom is 0.336 e. The number of nitrogens with zero attached hydrogens (tertiary/aromatic N) is 4. The lowest BCUT2D eigenvalue weighted by Crippen LogP contribution is -2.49. The Balaban J connectivity index is 1.25. The minimum absolute atomic E-state index is 0.0249. The van der Waals surface area contributed by atoms with E-state index >= 15 is 0 Å². The molecule has 2 atom stereocenters. The largest absolute Gasteiger partial charge is 0.466 e. The van der Waals surface area contributed by atoms with E-state index < -0.39 is 28.7 Å². The second-order valence-electron chi connectivity index (χ2n) is 11.1. The molecule has 0 bridgehead atoms. The van der Waals surface area contributed by atoms with Gasteiger partial charge in [-0.1, -0.05) is 72.8 Å². The number of esters is 2. The van der Waals surface area contributed by atoms with E-state index in [0.29, 0.717) is 12.1 Å². The number of carbonyl (C=O) groups is 2. The first-order valence-electron chi connectivity index (χ1n) is 14.9. The first kappa shape index (κ1) is 31.6. The summed E-state index contributed by atoms with van der Waals surface area (Å²) in [5, 5.41) is 11.5. The van der Waals surface area contributed by atoms with E-state index in [1.165, 1.54) is 36.4 Å². The number of carbonyl (C=O) groups excluding carboxylic acids is 2. The predicted octanol–water partition coefficient (Wildman–Crippen LogP) is 4.06. The number of nitro groups is 1. The number of ether oxygens (including phenoxy) is 2. The minimum Gasteiger partial charge on any atom is -0.466 e. The van der Waals surface area contributed by atoms with Crippen LogP contribution in [0.2, 0.25) is 0 Å². The lowest BCUT2D eigenvalue weighted by atomic mass is 9.77. The molecular formula is C34H37N5O6. The summed E-state index contributed by atoms with van der Waals surface area (Å²) in [5.41, 5.74) is 9.33. The lowest BCUT2D eigenvalue weighted by Gasteiger charge is -2.39. The molecule has 0 aromatic heterocycles. The average Bonchev–Trinajstić information content (AvgIpc) is 3.06. The van der Waals surface area contributed by atoms with Crippen molar-refractivity contribution in [2.24, 2.45) is 16.6 Å². The summed E-state index contributed by atoms with van der Waals surface area (Å²) in [6.07, 6.45) is 0. The third kappa shape index (κ3) is 7.11. The SMILES string of the molecule is COC(=O)C1=C(C)N=C(N)C(C(=O)OCCN2CCN(C(c3ccccc3)c3ccccc3)CC2)C1c1cccc([N+](=O)[O-])c1. The van der Waals surface area contributed by atoms with E-state index in [0.717, 1.165) is 26.2 Å². The predicted molar refractivity (Wildman–Crippen MR) is 169 cm³/mol. The van der Waals surface area contributed by atoms with Gasteiger partial charge in [-0.15, -0.1) is 0 Å². The fraction of sp³-hybridized carbons (Fsp3) is 0.324.